The summed E-state index contributed by atoms with van der Waals surface area (Å²) in [4.78, 5) is 8.25. The van der Waals surface area contributed by atoms with Gasteiger partial charge in [0.05, 0.1) is 0 Å². The number of rotatable bonds is 6. The number of hydrogen-bond acceptors (Lipinski definition) is 4. The third kappa shape index (κ3) is 4.77. The third-order valence-corrected chi connectivity index (χ3v) is 2.01. The van der Waals surface area contributed by atoms with Gasteiger partial charge in [-0.25, -0.2) is 0 Å². The standard InChI is InChI=1S/C10H19N5O/c1-3-4-6-12-10(11)13-7-5-9-14-8(2)15-16-9/h3-7H2,1-2H3,(H3,11,12,13). The van der Waals surface area contributed by atoms with Crippen molar-refractivity contribution in [2.24, 2.45) is 10.7 Å². The fourth-order valence-electron chi connectivity index (χ4n) is 1.15. The normalized spacial score (nSPS) is 11.8. The van der Waals surface area contributed by atoms with E-state index in [2.05, 4.69) is 27.4 Å². The molecule has 1 rings (SSSR count). The van der Waals surface area contributed by atoms with Gasteiger partial charge in [-0.15, -0.1) is 0 Å². The lowest BCUT2D eigenvalue weighted by atomic mass is 10.3. The molecule has 0 bridgehead atoms. The predicted molar refractivity (Wildman–Crippen MR) is 62.1 cm³/mol. The Morgan fingerprint density at radius 1 is 1.56 bits per heavy atom. The Morgan fingerprint density at radius 2 is 2.38 bits per heavy atom. The fourth-order valence-corrected chi connectivity index (χ4v) is 1.15. The second kappa shape index (κ2) is 6.81. The molecule has 6 nitrogen and oxygen atoms in total. The van der Waals surface area contributed by atoms with Gasteiger partial charge in [-0.05, 0) is 13.3 Å². The Kier molecular flexibility index (Phi) is 5.31. The van der Waals surface area contributed by atoms with Crippen molar-refractivity contribution in [3.8, 4) is 0 Å². The minimum atomic E-state index is 0.477. The average molecular weight is 225 g/mol. The molecule has 0 atom stereocenters. The highest BCUT2D eigenvalue weighted by Crippen LogP contribution is 1.95. The lowest BCUT2D eigenvalue weighted by Crippen LogP contribution is -2.33. The molecule has 0 unspecified atom stereocenters. The highest BCUT2D eigenvalue weighted by molar-refractivity contribution is 5.77. The summed E-state index contributed by atoms with van der Waals surface area (Å²) >= 11 is 0. The number of unbranched alkanes of at least 4 members (excludes halogenated alkanes) is 1. The summed E-state index contributed by atoms with van der Waals surface area (Å²) in [7, 11) is 0. The van der Waals surface area contributed by atoms with Gasteiger partial charge in [0.1, 0.15) is 0 Å². The third-order valence-electron chi connectivity index (χ3n) is 2.01. The maximum Gasteiger partial charge on any atom is 0.228 e. The van der Waals surface area contributed by atoms with Gasteiger partial charge in [-0.3, -0.25) is 4.99 Å². The van der Waals surface area contributed by atoms with E-state index >= 15 is 0 Å². The first-order valence-electron chi connectivity index (χ1n) is 5.55. The average Bonchev–Trinajstić information content (AvgIpc) is 2.65. The van der Waals surface area contributed by atoms with Crippen molar-refractivity contribution in [2.75, 3.05) is 13.1 Å². The second-order valence-electron chi connectivity index (χ2n) is 3.53. The van der Waals surface area contributed by atoms with Gasteiger partial charge in [0.15, 0.2) is 11.8 Å². The number of nitrogens with one attached hydrogen (secondary N) is 1. The van der Waals surface area contributed by atoms with E-state index in [9.17, 15) is 0 Å². The van der Waals surface area contributed by atoms with Crippen LogP contribution in [0.3, 0.4) is 0 Å². The van der Waals surface area contributed by atoms with Gasteiger partial charge in [-0.2, -0.15) is 4.98 Å². The van der Waals surface area contributed by atoms with Crippen LogP contribution in [0.15, 0.2) is 9.52 Å². The molecule has 6 heteroatoms. The molecule has 0 aliphatic rings. The topological polar surface area (TPSA) is 89.3 Å². The molecule has 1 aromatic heterocycles. The highest BCUT2D eigenvalue weighted by Gasteiger charge is 2.01. The van der Waals surface area contributed by atoms with Crippen LogP contribution in [0.5, 0.6) is 0 Å². The van der Waals surface area contributed by atoms with Crippen molar-refractivity contribution in [1.82, 2.24) is 15.5 Å². The quantitative estimate of drug-likeness (QED) is 0.421. The van der Waals surface area contributed by atoms with Crippen molar-refractivity contribution in [3.05, 3.63) is 11.7 Å². The van der Waals surface area contributed by atoms with Crippen molar-refractivity contribution in [1.29, 1.82) is 0 Å². The lowest BCUT2D eigenvalue weighted by molar-refractivity contribution is 0.374. The zero-order chi connectivity index (χ0) is 11.8. The van der Waals surface area contributed by atoms with Crippen molar-refractivity contribution in [3.63, 3.8) is 0 Å². The number of aromatic nitrogens is 2. The number of guanidine groups is 1. The Balaban J connectivity index is 2.17. The molecule has 0 saturated heterocycles. The van der Waals surface area contributed by atoms with E-state index in [1.807, 2.05) is 0 Å². The Bertz CT molecular complexity index is 334. The molecule has 0 aromatic carbocycles. The van der Waals surface area contributed by atoms with Crippen LogP contribution < -0.4 is 11.1 Å². The summed E-state index contributed by atoms with van der Waals surface area (Å²) < 4.78 is 4.96. The fraction of sp³-hybridized carbons (Fsp3) is 0.700. The minimum absolute atomic E-state index is 0.477. The van der Waals surface area contributed by atoms with Gasteiger partial charge in [0.2, 0.25) is 5.89 Å². The summed E-state index contributed by atoms with van der Waals surface area (Å²) in [6.07, 6.45) is 2.84. The van der Waals surface area contributed by atoms with Crippen LogP contribution in [0.1, 0.15) is 31.5 Å². The van der Waals surface area contributed by atoms with Gasteiger partial charge in [-0.1, -0.05) is 18.5 Å². The SMILES string of the molecule is CCCCN=C(N)NCCc1nc(C)no1. The summed E-state index contributed by atoms with van der Waals surface area (Å²) in [5.41, 5.74) is 5.66. The van der Waals surface area contributed by atoms with E-state index in [-0.39, 0.29) is 0 Å². The first kappa shape index (κ1) is 12.5. The van der Waals surface area contributed by atoms with Gasteiger partial charge in [0.25, 0.3) is 0 Å². The molecule has 1 aromatic rings. The van der Waals surface area contributed by atoms with Crippen molar-refractivity contribution < 1.29 is 4.52 Å². The molecule has 0 amide bonds. The van der Waals surface area contributed by atoms with Gasteiger partial charge < -0.3 is 15.6 Å². The van der Waals surface area contributed by atoms with Crippen LogP contribution in [0.25, 0.3) is 0 Å². The van der Waals surface area contributed by atoms with Crippen LogP contribution in [0.4, 0.5) is 0 Å². The van der Waals surface area contributed by atoms with E-state index in [1.165, 1.54) is 0 Å². The second-order valence-corrected chi connectivity index (χ2v) is 3.53. The monoisotopic (exact) mass is 225 g/mol. The zero-order valence-corrected chi connectivity index (χ0v) is 9.86. The minimum Gasteiger partial charge on any atom is -0.370 e. The molecule has 0 aliphatic carbocycles. The molecule has 0 spiro atoms. The summed E-state index contributed by atoms with van der Waals surface area (Å²) in [5.74, 6) is 1.75. The number of hydrogen-bond donors (Lipinski definition) is 2. The van der Waals surface area contributed by atoms with Crippen LogP contribution >= 0.6 is 0 Å². The number of nitrogens with two attached hydrogens (primary N) is 1. The van der Waals surface area contributed by atoms with Crippen LogP contribution in [0, 0.1) is 6.92 Å². The molecule has 0 radical (unpaired) electrons. The maximum atomic E-state index is 5.66. The molecule has 1 heterocycles. The van der Waals surface area contributed by atoms with E-state index in [4.69, 9.17) is 10.3 Å². The molecule has 0 fully saturated rings. The number of aryl methyl sites for hydroxylation is 1. The molecule has 0 aliphatic heterocycles. The van der Waals surface area contributed by atoms with Gasteiger partial charge in [0, 0.05) is 19.5 Å². The number of nitrogens with zero attached hydrogens (tertiary/aromatic N) is 3. The molecule has 90 valence electrons. The van der Waals surface area contributed by atoms with Crippen molar-refractivity contribution >= 4 is 5.96 Å². The largest absolute Gasteiger partial charge is 0.370 e. The van der Waals surface area contributed by atoms with Crippen LogP contribution in [0.2, 0.25) is 0 Å². The summed E-state index contributed by atoms with van der Waals surface area (Å²) in [6.45, 7) is 5.34. The summed E-state index contributed by atoms with van der Waals surface area (Å²) in [6, 6.07) is 0. The molecular weight excluding hydrogens is 206 g/mol. The van der Waals surface area contributed by atoms with E-state index < -0.39 is 0 Å². The maximum absolute atomic E-state index is 5.66. The van der Waals surface area contributed by atoms with E-state index in [1.54, 1.807) is 6.92 Å². The molecule has 0 saturated carbocycles. The first-order chi connectivity index (χ1) is 7.72. The van der Waals surface area contributed by atoms with Crippen LogP contribution in [-0.4, -0.2) is 29.2 Å². The smallest absolute Gasteiger partial charge is 0.228 e. The molecule has 16 heavy (non-hydrogen) atoms. The summed E-state index contributed by atoms with van der Waals surface area (Å²) in [5, 5.41) is 6.70. The van der Waals surface area contributed by atoms with E-state index in [0.717, 1.165) is 19.4 Å². The lowest BCUT2D eigenvalue weighted by Gasteiger charge is -2.02. The Hall–Kier alpha value is -1.59. The first-order valence-corrected chi connectivity index (χ1v) is 5.55. The zero-order valence-electron chi connectivity index (χ0n) is 9.86. The Labute approximate surface area is 95.3 Å². The number of aliphatic imine (C=N–C) groups is 1. The van der Waals surface area contributed by atoms with Gasteiger partial charge >= 0.3 is 0 Å². The Morgan fingerprint density at radius 3 is 3.00 bits per heavy atom. The highest BCUT2D eigenvalue weighted by atomic mass is 16.5. The molecule has 3 N–H and O–H groups in total. The molecular formula is C10H19N5O. The van der Waals surface area contributed by atoms with E-state index in [0.29, 0.717) is 30.6 Å². The van der Waals surface area contributed by atoms with Crippen molar-refractivity contribution in [2.45, 2.75) is 33.1 Å². The van der Waals surface area contributed by atoms with Crippen LogP contribution in [-0.2, 0) is 6.42 Å². The predicted octanol–water partition coefficient (Wildman–Crippen LogP) is 0.625.